The van der Waals surface area contributed by atoms with Gasteiger partial charge in [-0.3, -0.25) is 9.10 Å². The minimum atomic E-state index is -3.49. The summed E-state index contributed by atoms with van der Waals surface area (Å²) in [5, 5.41) is 2.84. The lowest BCUT2D eigenvalue weighted by Crippen LogP contribution is -2.51. The first-order valence-electron chi connectivity index (χ1n) is 8.73. The standard InChI is InChI=1S/C19H22N2O4S2/c1-2-27(23,24)21-14-18(25-17-11-7-6-10-16(17)21)19(22)20-12-13-26-15-8-4-3-5-9-15/h3-11,18H,2,12-14H2,1H3,(H,20,22). The predicted octanol–water partition coefficient (Wildman–Crippen LogP) is 2.51. The predicted molar refractivity (Wildman–Crippen MR) is 108 cm³/mol. The minimum absolute atomic E-state index is 0.0230. The Morgan fingerprint density at radius 3 is 2.63 bits per heavy atom. The number of fused-ring (bicyclic) bond motifs is 1. The van der Waals surface area contributed by atoms with Gasteiger partial charge in [0.15, 0.2) is 6.10 Å². The molecule has 27 heavy (non-hydrogen) atoms. The van der Waals surface area contributed by atoms with Crippen LogP contribution in [0.25, 0.3) is 0 Å². The quantitative estimate of drug-likeness (QED) is 0.565. The van der Waals surface area contributed by atoms with Crippen LogP contribution in [0.1, 0.15) is 6.92 Å². The molecule has 1 heterocycles. The smallest absolute Gasteiger partial charge is 0.263 e. The van der Waals surface area contributed by atoms with Crippen molar-refractivity contribution in [2.24, 2.45) is 0 Å². The Hall–Kier alpha value is -2.19. The lowest BCUT2D eigenvalue weighted by molar-refractivity contribution is -0.127. The van der Waals surface area contributed by atoms with Crippen LogP contribution in [0, 0.1) is 0 Å². The SMILES string of the molecule is CCS(=O)(=O)N1CC(C(=O)NCCSc2ccccc2)Oc2ccccc21. The van der Waals surface area contributed by atoms with Crippen LogP contribution in [-0.2, 0) is 14.8 Å². The number of amides is 1. The summed E-state index contributed by atoms with van der Waals surface area (Å²) >= 11 is 1.64. The molecule has 6 nitrogen and oxygen atoms in total. The molecule has 3 rings (SSSR count). The Bertz CT molecular complexity index is 888. The van der Waals surface area contributed by atoms with Gasteiger partial charge in [-0.25, -0.2) is 8.42 Å². The van der Waals surface area contributed by atoms with Crippen molar-refractivity contribution in [2.75, 3.05) is 28.9 Å². The van der Waals surface area contributed by atoms with Gasteiger partial charge in [-0.2, -0.15) is 0 Å². The van der Waals surface area contributed by atoms with Gasteiger partial charge in [0.25, 0.3) is 5.91 Å². The second kappa shape index (κ2) is 8.67. The number of nitrogens with zero attached hydrogens (tertiary/aromatic N) is 1. The summed E-state index contributed by atoms with van der Waals surface area (Å²) in [5.74, 6) is 0.772. The van der Waals surface area contributed by atoms with Crippen LogP contribution in [0.5, 0.6) is 5.75 Å². The molecule has 0 saturated carbocycles. The second-order valence-electron chi connectivity index (χ2n) is 5.96. The number of benzene rings is 2. The third-order valence-electron chi connectivity index (χ3n) is 4.14. The van der Waals surface area contributed by atoms with Gasteiger partial charge in [0.1, 0.15) is 5.75 Å². The molecule has 1 aliphatic rings. The first-order valence-corrected chi connectivity index (χ1v) is 11.3. The number of carbonyl (C=O) groups excluding carboxylic acids is 1. The topological polar surface area (TPSA) is 75.7 Å². The highest BCUT2D eigenvalue weighted by Crippen LogP contribution is 2.35. The van der Waals surface area contributed by atoms with E-state index in [2.05, 4.69) is 5.32 Å². The van der Waals surface area contributed by atoms with Gasteiger partial charge in [0, 0.05) is 17.2 Å². The molecule has 1 amide bonds. The van der Waals surface area contributed by atoms with E-state index in [0.29, 0.717) is 18.0 Å². The molecule has 144 valence electrons. The molecule has 1 unspecified atom stereocenters. The van der Waals surface area contributed by atoms with E-state index in [9.17, 15) is 13.2 Å². The Kier molecular flexibility index (Phi) is 6.28. The monoisotopic (exact) mass is 406 g/mol. The molecule has 0 aliphatic carbocycles. The van der Waals surface area contributed by atoms with E-state index in [0.717, 1.165) is 10.6 Å². The fraction of sp³-hybridized carbons (Fsp3) is 0.316. The van der Waals surface area contributed by atoms with Gasteiger partial charge >= 0.3 is 0 Å². The molecule has 2 aromatic rings. The Balaban J connectivity index is 1.62. The molecule has 1 N–H and O–H groups in total. The molecular weight excluding hydrogens is 384 g/mol. The van der Waals surface area contributed by atoms with Crippen LogP contribution >= 0.6 is 11.8 Å². The van der Waals surface area contributed by atoms with Crippen molar-refractivity contribution in [3.8, 4) is 5.75 Å². The number of ether oxygens (including phenoxy) is 1. The highest BCUT2D eigenvalue weighted by molar-refractivity contribution is 7.99. The van der Waals surface area contributed by atoms with Crippen LogP contribution in [0.2, 0.25) is 0 Å². The highest BCUT2D eigenvalue weighted by atomic mass is 32.2. The van der Waals surface area contributed by atoms with Crippen molar-refractivity contribution < 1.29 is 17.9 Å². The van der Waals surface area contributed by atoms with E-state index in [-0.39, 0.29) is 18.2 Å². The van der Waals surface area contributed by atoms with Gasteiger partial charge in [0.2, 0.25) is 10.0 Å². The van der Waals surface area contributed by atoms with Gasteiger partial charge in [-0.05, 0) is 31.2 Å². The van der Waals surface area contributed by atoms with Crippen molar-refractivity contribution in [3.63, 3.8) is 0 Å². The fourth-order valence-corrected chi connectivity index (χ4v) is 4.65. The van der Waals surface area contributed by atoms with Crippen LogP contribution in [0.3, 0.4) is 0 Å². The maximum atomic E-state index is 12.5. The summed E-state index contributed by atoms with van der Waals surface area (Å²) in [6, 6.07) is 16.8. The Morgan fingerprint density at radius 1 is 1.19 bits per heavy atom. The molecule has 0 spiro atoms. The molecule has 1 aliphatic heterocycles. The molecular formula is C19H22N2O4S2. The third kappa shape index (κ3) is 4.75. The molecule has 0 saturated heterocycles. The zero-order valence-corrected chi connectivity index (χ0v) is 16.6. The molecule has 0 fully saturated rings. The average molecular weight is 407 g/mol. The van der Waals surface area contributed by atoms with E-state index >= 15 is 0 Å². The number of rotatable bonds is 7. The molecule has 0 radical (unpaired) electrons. The van der Waals surface area contributed by atoms with E-state index in [1.165, 1.54) is 4.31 Å². The first-order chi connectivity index (χ1) is 13.0. The highest BCUT2D eigenvalue weighted by Gasteiger charge is 2.35. The zero-order valence-electron chi connectivity index (χ0n) is 15.0. The van der Waals surface area contributed by atoms with Crippen molar-refractivity contribution in [2.45, 2.75) is 17.9 Å². The number of para-hydroxylation sites is 2. The summed E-state index contributed by atoms with van der Waals surface area (Å²) in [6.45, 7) is 2.04. The number of hydrogen-bond donors (Lipinski definition) is 1. The van der Waals surface area contributed by atoms with E-state index < -0.39 is 16.1 Å². The van der Waals surface area contributed by atoms with Crippen LogP contribution in [0.15, 0.2) is 59.5 Å². The van der Waals surface area contributed by atoms with Crippen molar-refractivity contribution in [1.29, 1.82) is 0 Å². The lowest BCUT2D eigenvalue weighted by atomic mass is 10.2. The lowest BCUT2D eigenvalue weighted by Gasteiger charge is -2.34. The molecule has 0 bridgehead atoms. The molecule has 1 atom stereocenters. The number of anilines is 1. The minimum Gasteiger partial charge on any atom is -0.476 e. The molecule has 2 aromatic carbocycles. The molecule has 0 aromatic heterocycles. The maximum absolute atomic E-state index is 12.5. The summed E-state index contributed by atoms with van der Waals surface area (Å²) in [4.78, 5) is 13.6. The van der Waals surface area contributed by atoms with Gasteiger partial charge in [0.05, 0.1) is 18.0 Å². The summed E-state index contributed by atoms with van der Waals surface area (Å²) < 4.78 is 31.9. The molecule has 8 heteroatoms. The third-order valence-corrected chi connectivity index (χ3v) is 6.90. The van der Waals surface area contributed by atoms with Crippen LogP contribution in [0.4, 0.5) is 5.69 Å². The largest absolute Gasteiger partial charge is 0.476 e. The second-order valence-corrected chi connectivity index (χ2v) is 9.31. The van der Waals surface area contributed by atoms with Crippen LogP contribution < -0.4 is 14.4 Å². The number of sulfonamides is 1. The maximum Gasteiger partial charge on any atom is 0.263 e. The summed E-state index contributed by atoms with van der Waals surface area (Å²) in [5.41, 5.74) is 0.475. The first kappa shape index (κ1) is 19.6. The Morgan fingerprint density at radius 2 is 1.89 bits per heavy atom. The number of thioether (sulfide) groups is 1. The normalized spacial score (nSPS) is 16.3. The van der Waals surface area contributed by atoms with E-state index in [4.69, 9.17) is 4.74 Å². The average Bonchev–Trinajstić information content (AvgIpc) is 2.71. The number of carbonyl (C=O) groups is 1. The Labute approximate surface area is 164 Å². The number of nitrogens with one attached hydrogen (secondary N) is 1. The summed E-state index contributed by atoms with van der Waals surface area (Å²) in [6.07, 6.45) is -0.872. The van der Waals surface area contributed by atoms with Crippen molar-refractivity contribution >= 4 is 33.4 Å². The summed E-state index contributed by atoms with van der Waals surface area (Å²) in [7, 11) is -3.49. The van der Waals surface area contributed by atoms with Crippen molar-refractivity contribution in [3.05, 3.63) is 54.6 Å². The van der Waals surface area contributed by atoms with E-state index in [1.54, 1.807) is 43.0 Å². The zero-order chi connectivity index (χ0) is 19.3. The van der Waals surface area contributed by atoms with Crippen LogP contribution in [-0.4, -0.2) is 45.0 Å². The van der Waals surface area contributed by atoms with E-state index in [1.807, 2.05) is 30.3 Å². The van der Waals surface area contributed by atoms with Crippen molar-refractivity contribution in [1.82, 2.24) is 5.32 Å². The van der Waals surface area contributed by atoms with Gasteiger partial charge in [-0.1, -0.05) is 30.3 Å². The van der Waals surface area contributed by atoms with Gasteiger partial charge < -0.3 is 10.1 Å². The number of hydrogen-bond acceptors (Lipinski definition) is 5. The van der Waals surface area contributed by atoms with Gasteiger partial charge in [-0.15, -0.1) is 11.8 Å². The fourth-order valence-electron chi connectivity index (χ4n) is 2.73.